The van der Waals surface area contributed by atoms with Gasteiger partial charge in [-0.3, -0.25) is 0 Å². The van der Waals surface area contributed by atoms with Crippen LogP contribution in [0.15, 0.2) is 0 Å². The lowest BCUT2D eigenvalue weighted by Gasteiger charge is -2.01. The van der Waals surface area contributed by atoms with E-state index in [1.54, 1.807) is 19.7 Å². The normalized spacial score (nSPS) is 10.9. The maximum atomic E-state index is 4.09. The molecule has 16 heavy (non-hydrogen) atoms. The molecule has 0 rings (SSSR count). The number of hydrogen-bond donors (Lipinski definition) is 1. The highest BCUT2D eigenvalue weighted by atomic mass is 33.7. The second-order valence-corrected chi connectivity index (χ2v) is 9.20. The van der Waals surface area contributed by atoms with Crippen LogP contribution in [0, 0.1) is 0 Å². The van der Waals surface area contributed by atoms with Gasteiger partial charge < -0.3 is 0 Å². The second-order valence-electron chi connectivity index (χ2n) is 4.15. The average Bonchev–Trinajstić information content (AvgIpc) is 2.31. The molecule has 0 bridgehead atoms. The molecule has 0 saturated heterocycles. The highest BCUT2D eigenvalue weighted by Crippen LogP contribution is 2.37. The minimum Gasteiger partial charge on any atom is -0.0989 e. The molecule has 98 valence electrons. The molecule has 0 aromatic carbocycles. The van der Waals surface area contributed by atoms with Crippen LogP contribution in [0.2, 0.25) is 0 Å². The SMILES string of the molecule is CCCCCCCCCCCCSSSS. The number of unbranched alkanes of at least 4 members (excludes halogenated alkanes) is 9. The standard InChI is InChI=1S/C12H26S4/c1-2-3-4-5-6-7-8-9-10-11-12-14-16-15-13/h13H,2-12H2,1H3. The zero-order valence-corrected chi connectivity index (χ0v) is 13.8. The maximum absolute atomic E-state index is 4.09. The van der Waals surface area contributed by atoms with Crippen molar-refractivity contribution in [3.8, 4) is 0 Å². The Labute approximate surface area is 118 Å². The van der Waals surface area contributed by atoms with Gasteiger partial charge in [-0.1, -0.05) is 87.2 Å². The van der Waals surface area contributed by atoms with Crippen LogP contribution in [0.5, 0.6) is 0 Å². The fourth-order valence-corrected chi connectivity index (χ4v) is 4.99. The topological polar surface area (TPSA) is 0 Å². The van der Waals surface area contributed by atoms with E-state index >= 15 is 0 Å². The Hall–Kier alpha value is 1.40. The smallest absolute Gasteiger partial charge is 0.00454 e. The fraction of sp³-hybridized carbons (Fsp3) is 1.00. The Balaban J connectivity index is 2.83. The van der Waals surface area contributed by atoms with E-state index in [9.17, 15) is 0 Å². The first-order valence-electron chi connectivity index (χ1n) is 6.51. The molecule has 0 N–H and O–H groups in total. The largest absolute Gasteiger partial charge is 0.0989 e. The molecule has 0 aliphatic carbocycles. The Morgan fingerprint density at radius 2 is 1.25 bits per heavy atom. The van der Waals surface area contributed by atoms with E-state index in [0.29, 0.717) is 0 Å². The highest BCUT2D eigenvalue weighted by Gasteiger charge is 1.93. The van der Waals surface area contributed by atoms with E-state index in [2.05, 4.69) is 18.6 Å². The molecule has 0 nitrogen and oxygen atoms in total. The van der Waals surface area contributed by atoms with Crippen molar-refractivity contribution in [2.75, 3.05) is 5.75 Å². The van der Waals surface area contributed by atoms with E-state index in [1.807, 2.05) is 10.8 Å². The van der Waals surface area contributed by atoms with Gasteiger partial charge in [0.15, 0.2) is 0 Å². The van der Waals surface area contributed by atoms with Crippen LogP contribution in [0.25, 0.3) is 0 Å². The van der Waals surface area contributed by atoms with E-state index in [-0.39, 0.29) is 0 Å². The van der Waals surface area contributed by atoms with Crippen molar-refractivity contribution in [3.05, 3.63) is 0 Å². The number of thiol groups is 1. The minimum atomic E-state index is 1.29. The first kappa shape index (κ1) is 17.4. The summed E-state index contributed by atoms with van der Waals surface area (Å²) in [5, 5.41) is 0. The summed E-state index contributed by atoms with van der Waals surface area (Å²) in [6, 6.07) is 0. The first-order chi connectivity index (χ1) is 7.91. The van der Waals surface area contributed by atoms with Crippen LogP contribution in [0.4, 0.5) is 0 Å². The van der Waals surface area contributed by atoms with Gasteiger partial charge in [0.05, 0.1) is 0 Å². The van der Waals surface area contributed by atoms with Crippen molar-refractivity contribution in [1.82, 2.24) is 0 Å². The zero-order valence-electron chi connectivity index (χ0n) is 10.5. The Morgan fingerprint density at radius 3 is 1.75 bits per heavy atom. The third kappa shape index (κ3) is 15.4. The maximum Gasteiger partial charge on any atom is 0.00454 e. The summed E-state index contributed by atoms with van der Waals surface area (Å²) in [6.07, 6.45) is 14.3. The molecule has 0 amide bonds. The van der Waals surface area contributed by atoms with Gasteiger partial charge in [0.2, 0.25) is 0 Å². The minimum absolute atomic E-state index is 1.29. The lowest BCUT2D eigenvalue weighted by molar-refractivity contribution is 0.563. The molecule has 0 aliphatic heterocycles. The summed E-state index contributed by atoms with van der Waals surface area (Å²) in [5.74, 6) is 1.29. The van der Waals surface area contributed by atoms with Gasteiger partial charge in [0, 0.05) is 5.75 Å². The van der Waals surface area contributed by atoms with Crippen LogP contribution < -0.4 is 0 Å². The lowest BCUT2D eigenvalue weighted by atomic mass is 10.1. The van der Waals surface area contributed by atoms with E-state index in [1.165, 1.54) is 70.0 Å². The van der Waals surface area contributed by atoms with Crippen molar-refractivity contribution in [2.24, 2.45) is 0 Å². The summed E-state index contributed by atoms with van der Waals surface area (Å²) in [5.41, 5.74) is 0. The molecule has 0 heterocycles. The van der Waals surface area contributed by atoms with Gasteiger partial charge in [0.25, 0.3) is 0 Å². The highest BCUT2D eigenvalue weighted by molar-refractivity contribution is 9.23. The Kier molecular flexibility index (Phi) is 17.8. The van der Waals surface area contributed by atoms with Gasteiger partial charge in [-0.2, -0.15) is 0 Å². The average molecular weight is 299 g/mol. The molecule has 0 unspecified atom stereocenters. The molecule has 0 radical (unpaired) electrons. The molecule has 4 heteroatoms. The zero-order chi connectivity index (χ0) is 11.9. The molecular formula is C12H26S4. The third-order valence-electron chi connectivity index (χ3n) is 2.66. The third-order valence-corrected chi connectivity index (χ3v) is 7.30. The molecule has 0 aromatic heterocycles. The van der Waals surface area contributed by atoms with Gasteiger partial charge in [-0.05, 0) is 26.1 Å². The molecular weight excluding hydrogens is 272 g/mol. The summed E-state index contributed by atoms with van der Waals surface area (Å²) in [4.78, 5) is 0. The monoisotopic (exact) mass is 298 g/mol. The van der Waals surface area contributed by atoms with Crippen LogP contribution in [-0.2, 0) is 0 Å². The number of hydrogen-bond acceptors (Lipinski definition) is 4. The van der Waals surface area contributed by atoms with Gasteiger partial charge >= 0.3 is 0 Å². The van der Waals surface area contributed by atoms with Crippen molar-refractivity contribution in [2.45, 2.75) is 71.1 Å². The van der Waals surface area contributed by atoms with Gasteiger partial charge in [0.1, 0.15) is 0 Å². The number of rotatable bonds is 13. The quantitative estimate of drug-likeness (QED) is 0.226. The van der Waals surface area contributed by atoms with Crippen LogP contribution in [0.3, 0.4) is 0 Å². The van der Waals surface area contributed by atoms with E-state index in [4.69, 9.17) is 0 Å². The Bertz CT molecular complexity index is 106. The predicted octanol–water partition coefficient (Wildman–Crippen LogP) is 6.78. The van der Waals surface area contributed by atoms with E-state index < -0.39 is 0 Å². The van der Waals surface area contributed by atoms with Crippen molar-refractivity contribution in [3.63, 3.8) is 0 Å². The van der Waals surface area contributed by atoms with Gasteiger partial charge in [-0.15, -0.1) is 0 Å². The van der Waals surface area contributed by atoms with Crippen molar-refractivity contribution < 1.29 is 0 Å². The van der Waals surface area contributed by atoms with Gasteiger partial charge in [-0.25, -0.2) is 0 Å². The second kappa shape index (κ2) is 16.4. The molecule has 0 fully saturated rings. The summed E-state index contributed by atoms with van der Waals surface area (Å²) in [7, 11) is 5.28. The van der Waals surface area contributed by atoms with Crippen LogP contribution in [-0.4, -0.2) is 5.75 Å². The van der Waals surface area contributed by atoms with Crippen LogP contribution in [0.1, 0.15) is 71.1 Å². The molecule has 0 saturated carbocycles. The summed E-state index contributed by atoms with van der Waals surface area (Å²) >= 11 is 4.09. The molecule has 0 aliphatic rings. The predicted molar refractivity (Wildman–Crippen MR) is 88.5 cm³/mol. The lowest BCUT2D eigenvalue weighted by Crippen LogP contribution is -1.82. The Morgan fingerprint density at radius 1 is 0.750 bits per heavy atom. The van der Waals surface area contributed by atoms with E-state index in [0.717, 1.165) is 0 Å². The fourth-order valence-electron chi connectivity index (χ4n) is 1.70. The molecule has 0 atom stereocenters. The first-order valence-corrected chi connectivity index (χ1v) is 11.2. The van der Waals surface area contributed by atoms with Crippen molar-refractivity contribution in [1.29, 1.82) is 0 Å². The summed E-state index contributed by atoms with van der Waals surface area (Å²) in [6.45, 7) is 2.28. The van der Waals surface area contributed by atoms with Crippen molar-refractivity contribution >= 4 is 42.1 Å². The summed E-state index contributed by atoms with van der Waals surface area (Å²) < 4.78 is 0. The molecule has 0 spiro atoms. The molecule has 0 aromatic rings. The van der Waals surface area contributed by atoms with Crippen LogP contribution >= 0.6 is 42.1 Å².